The molecule has 7 nitrogen and oxygen atoms in total. The van der Waals surface area contributed by atoms with Gasteiger partial charge in [-0.15, -0.1) is 0 Å². The first-order valence-electron chi connectivity index (χ1n) is 11.5. The van der Waals surface area contributed by atoms with Crippen molar-refractivity contribution in [2.75, 3.05) is 36.4 Å². The van der Waals surface area contributed by atoms with Crippen LogP contribution in [0.2, 0.25) is 0 Å². The number of hydrogen-bond acceptors (Lipinski definition) is 6. The van der Waals surface area contributed by atoms with Gasteiger partial charge in [-0.1, -0.05) is 18.2 Å². The second kappa shape index (κ2) is 10.0. The molecule has 1 aromatic carbocycles. The second-order valence-corrected chi connectivity index (χ2v) is 8.75. The number of halogens is 6. The van der Waals surface area contributed by atoms with Crippen molar-refractivity contribution in [3.05, 3.63) is 52.7 Å². The summed E-state index contributed by atoms with van der Waals surface area (Å²) in [5.41, 5.74) is -2.34. The highest BCUT2D eigenvalue weighted by molar-refractivity contribution is 5.90. The van der Waals surface area contributed by atoms with Gasteiger partial charge in [0.25, 0.3) is 6.43 Å². The van der Waals surface area contributed by atoms with E-state index in [0.29, 0.717) is 0 Å². The van der Waals surface area contributed by atoms with Gasteiger partial charge in [-0.05, 0) is 19.9 Å². The number of fused-ring (bicyclic) bond motifs is 1. The zero-order valence-corrected chi connectivity index (χ0v) is 20.2. The summed E-state index contributed by atoms with van der Waals surface area (Å²) >= 11 is 0. The van der Waals surface area contributed by atoms with Crippen molar-refractivity contribution in [2.24, 2.45) is 0 Å². The van der Waals surface area contributed by atoms with Crippen molar-refractivity contribution >= 4 is 28.4 Å². The first-order chi connectivity index (χ1) is 17.4. The van der Waals surface area contributed by atoms with Gasteiger partial charge in [-0.2, -0.15) is 13.2 Å². The lowest BCUT2D eigenvalue weighted by molar-refractivity contribution is -0.140. The molecule has 4 rings (SSSR count). The van der Waals surface area contributed by atoms with Crippen LogP contribution in [0.25, 0.3) is 11.0 Å². The summed E-state index contributed by atoms with van der Waals surface area (Å²) < 4.78 is 83.1. The highest BCUT2D eigenvalue weighted by Gasteiger charge is 2.38. The lowest BCUT2D eigenvalue weighted by Crippen LogP contribution is -2.48. The number of nitrogens with one attached hydrogen (secondary N) is 1. The normalized spacial score (nSPS) is 15.4. The van der Waals surface area contributed by atoms with Gasteiger partial charge in [0.2, 0.25) is 5.91 Å². The van der Waals surface area contributed by atoms with E-state index in [0.717, 1.165) is 6.07 Å². The summed E-state index contributed by atoms with van der Waals surface area (Å²) in [7, 11) is 0. The fraction of sp³-hybridized carbons (Fsp3) is 0.417. The largest absolute Gasteiger partial charge is 0.435 e. The van der Waals surface area contributed by atoms with Gasteiger partial charge >= 0.3 is 6.18 Å². The minimum atomic E-state index is -4.78. The molecule has 198 valence electrons. The predicted molar refractivity (Wildman–Crippen MR) is 125 cm³/mol. The van der Waals surface area contributed by atoms with Crippen molar-refractivity contribution in [3.8, 4) is 0 Å². The van der Waals surface area contributed by atoms with Crippen LogP contribution in [0.1, 0.15) is 49.0 Å². The molecule has 0 bridgehead atoms. The number of amides is 1. The summed E-state index contributed by atoms with van der Waals surface area (Å²) in [6, 6.07) is 4.05. The van der Waals surface area contributed by atoms with Crippen molar-refractivity contribution < 1.29 is 31.1 Å². The number of aryl methyl sites for hydroxylation is 1. The number of aromatic nitrogens is 3. The van der Waals surface area contributed by atoms with Crippen molar-refractivity contribution in [1.82, 2.24) is 19.9 Å². The molecule has 2 aromatic heterocycles. The Labute approximate surface area is 208 Å². The quantitative estimate of drug-likeness (QED) is 0.457. The van der Waals surface area contributed by atoms with Gasteiger partial charge in [0.15, 0.2) is 11.3 Å². The van der Waals surface area contributed by atoms with Crippen molar-refractivity contribution in [3.63, 3.8) is 0 Å². The Kier molecular flexibility index (Phi) is 7.16. The summed E-state index contributed by atoms with van der Waals surface area (Å²) in [5.74, 6) is -1.04. The molecule has 1 N–H and O–H groups in total. The number of pyridine rings is 1. The fourth-order valence-electron chi connectivity index (χ4n) is 4.33. The third kappa shape index (κ3) is 5.39. The monoisotopic (exact) mass is 526 g/mol. The van der Waals surface area contributed by atoms with Crippen LogP contribution in [-0.2, 0) is 11.0 Å². The van der Waals surface area contributed by atoms with E-state index < -0.39 is 35.7 Å². The van der Waals surface area contributed by atoms with E-state index in [2.05, 4.69) is 20.3 Å². The number of piperazine rings is 1. The topological polar surface area (TPSA) is 74.2 Å². The van der Waals surface area contributed by atoms with E-state index in [9.17, 15) is 31.1 Å². The van der Waals surface area contributed by atoms with E-state index in [1.165, 1.54) is 43.9 Å². The SMILES string of the molecule is CC(=O)N1CCN(c2cc3c(N[C@H](C)c4cccc(C(F)F)c4F)nc(C)nc3nc2C(F)(F)F)CC1. The van der Waals surface area contributed by atoms with Crippen LogP contribution in [0.3, 0.4) is 0 Å². The summed E-state index contributed by atoms with van der Waals surface area (Å²) in [4.78, 5) is 26.8. The Bertz CT molecular complexity index is 1320. The molecule has 1 fully saturated rings. The molecule has 0 aliphatic carbocycles. The zero-order valence-electron chi connectivity index (χ0n) is 20.2. The van der Waals surface area contributed by atoms with E-state index in [-0.39, 0.29) is 66.0 Å². The number of nitrogens with zero attached hydrogens (tertiary/aromatic N) is 5. The van der Waals surface area contributed by atoms with Crippen molar-refractivity contribution in [2.45, 2.75) is 39.4 Å². The van der Waals surface area contributed by atoms with Gasteiger partial charge in [-0.25, -0.2) is 28.1 Å². The minimum Gasteiger partial charge on any atom is -0.366 e. The molecule has 3 aromatic rings. The van der Waals surface area contributed by atoms with Gasteiger partial charge in [0.05, 0.1) is 22.7 Å². The highest BCUT2D eigenvalue weighted by atomic mass is 19.4. The molecule has 1 aliphatic heterocycles. The van der Waals surface area contributed by atoms with Crippen LogP contribution in [0.5, 0.6) is 0 Å². The number of benzene rings is 1. The van der Waals surface area contributed by atoms with Crippen LogP contribution in [0.4, 0.5) is 37.8 Å². The Morgan fingerprint density at radius 3 is 2.30 bits per heavy atom. The molecule has 1 amide bonds. The van der Waals surface area contributed by atoms with Crippen LogP contribution < -0.4 is 10.2 Å². The zero-order chi connectivity index (χ0) is 27.1. The van der Waals surface area contributed by atoms with Crippen LogP contribution in [0.15, 0.2) is 24.3 Å². The van der Waals surface area contributed by atoms with Gasteiger partial charge in [0.1, 0.15) is 17.5 Å². The second-order valence-electron chi connectivity index (χ2n) is 8.75. The van der Waals surface area contributed by atoms with E-state index in [4.69, 9.17) is 0 Å². The molecule has 37 heavy (non-hydrogen) atoms. The number of carbonyl (C=O) groups excluding carboxylic acids is 1. The predicted octanol–water partition coefficient (Wildman–Crippen LogP) is 5.27. The summed E-state index contributed by atoms with van der Waals surface area (Å²) in [6.07, 6.45) is -7.79. The first kappa shape index (κ1) is 26.4. The molecule has 0 spiro atoms. The van der Waals surface area contributed by atoms with Gasteiger partial charge in [-0.3, -0.25) is 4.79 Å². The first-order valence-corrected chi connectivity index (χ1v) is 11.5. The van der Waals surface area contributed by atoms with Crippen molar-refractivity contribution in [1.29, 1.82) is 0 Å². The van der Waals surface area contributed by atoms with E-state index in [1.807, 2.05) is 0 Å². The number of carbonyl (C=O) groups is 1. The number of alkyl halides is 5. The third-order valence-electron chi connectivity index (χ3n) is 6.23. The minimum absolute atomic E-state index is 0.0531. The molecule has 0 unspecified atom stereocenters. The Hall–Kier alpha value is -3.64. The lowest BCUT2D eigenvalue weighted by Gasteiger charge is -2.36. The van der Waals surface area contributed by atoms with Gasteiger partial charge in [0, 0.05) is 38.7 Å². The molecule has 13 heteroatoms. The Morgan fingerprint density at radius 1 is 1.05 bits per heavy atom. The number of rotatable bonds is 5. The fourth-order valence-corrected chi connectivity index (χ4v) is 4.33. The molecule has 1 atom stereocenters. The molecular weight excluding hydrogens is 502 g/mol. The highest BCUT2D eigenvalue weighted by Crippen LogP contribution is 2.39. The molecule has 3 heterocycles. The van der Waals surface area contributed by atoms with Gasteiger partial charge < -0.3 is 15.1 Å². The maximum atomic E-state index is 14.7. The standard InChI is InChI=1S/C24H24F6N6O/c1-12(15-5-4-6-16(19(15)25)21(26)27)31-22-17-11-18(36-9-7-35(8-10-36)14(3)37)20(24(28,29)30)34-23(17)33-13(2)32-22/h4-6,11-12,21H,7-10H2,1-3H3,(H,31,32,33,34)/t12-/m1/s1. The van der Waals surface area contributed by atoms with E-state index in [1.54, 1.807) is 4.90 Å². The maximum absolute atomic E-state index is 14.7. The third-order valence-corrected chi connectivity index (χ3v) is 6.23. The lowest BCUT2D eigenvalue weighted by atomic mass is 10.0. The average Bonchev–Trinajstić information content (AvgIpc) is 2.82. The molecule has 0 saturated carbocycles. The summed E-state index contributed by atoms with van der Waals surface area (Å²) in [6.45, 7) is 5.20. The number of hydrogen-bond donors (Lipinski definition) is 1. The summed E-state index contributed by atoms with van der Waals surface area (Å²) in [5, 5.41) is 3.08. The molecule has 0 radical (unpaired) electrons. The smallest absolute Gasteiger partial charge is 0.366 e. The maximum Gasteiger partial charge on any atom is 0.435 e. The Morgan fingerprint density at radius 2 is 1.70 bits per heavy atom. The van der Waals surface area contributed by atoms with Crippen LogP contribution >= 0.6 is 0 Å². The molecule has 1 saturated heterocycles. The number of anilines is 2. The molecular formula is C24H24F6N6O. The van der Waals surface area contributed by atoms with Crippen LogP contribution in [0, 0.1) is 12.7 Å². The molecule has 1 aliphatic rings. The van der Waals surface area contributed by atoms with E-state index >= 15 is 0 Å². The van der Waals surface area contributed by atoms with Crippen LogP contribution in [-0.4, -0.2) is 51.9 Å². The average molecular weight is 526 g/mol. The Balaban J connectivity index is 1.78.